The first-order valence-electron chi connectivity index (χ1n) is 7.34. The number of benzene rings is 1. The number of hydrogen-bond donors (Lipinski definition) is 1. The fourth-order valence-corrected chi connectivity index (χ4v) is 2.06. The van der Waals surface area contributed by atoms with Crippen LogP contribution in [0, 0.1) is 5.92 Å². The Labute approximate surface area is 117 Å². The summed E-state index contributed by atoms with van der Waals surface area (Å²) in [5.41, 5.74) is 1.02. The second-order valence-corrected chi connectivity index (χ2v) is 4.80. The van der Waals surface area contributed by atoms with Crippen molar-refractivity contribution in [1.29, 1.82) is 0 Å². The van der Waals surface area contributed by atoms with Crippen LogP contribution in [0.5, 0.6) is 11.5 Å². The summed E-state index contributed by atoms with van der Waals surface area (Å²) in [6.45, 7) is 10.8. The molecule has 0 spiro atoms. The van der Waals surface area contributed by atoms with E-state index >= 15 is 0 Å². The fourth-order valence-electron chi connectivity index (χ4n) is 2.06. The molecule has 1 unspecified atom stereocenters. The SMILES string of the molecule is CCCC(C)CNc1cc(OCC)ccc1OCC. The third-order valence-corrected chi connectivity index (χ3v) is 2.98. The van der Waals surface area contributed by atoms with E-state index in [0.29, 0.717) is 19.1 Å². The van der Waals surface area contributed by atoms with Crippen LogP contribution in [0.4, 0.5) is 5.69 Å². The van der Waals surface area contributed by atoms with Crippen LogP contribution in [0.15, 0.2) is 18.2 Å². The fraction of sp³-hybridized carbons (Fsp3) is 0.625. The molecule has 0 radical (unpaired) electrons. The molecule has 0 aliphatic rings. The Morgan fingerprint density at radius 1 is 1.11 bits per heavy atom. The van der Waals surface area contributed by atoms with Crippen LogP contribution in [-0.4, -0.2) is 19.8 Å². The van der Waals surface area contributed by atoms with Crippen molar-refractivity contribution in [2.24, 2.45) is 5.92 Å². The molecule has 3 nitrogen and oxygen atoms in total. The zero-order valence-electron chi connectivity index (χ0n) is 12.7. The number of rotatable bonds is 9. The van der Waals surface area contributed by atoms with Gasteiger partial charge in [0.25, 0.3) is 0 Å². The van der Waals surface area contributed by atoms with Gasteiger partial charge >= 0.3 is 0 Å². The third-order valence-electron chi connectivity index (χ3n) is 2.98. The number of anilines is 1. The van der Waals surface area contributed by atoms with Gasteiger partial charge in [-0.25, -0.2) is 0 Å². The molecule has 0 bridgehead atoms. The van der Waals surface area contributed by atoms with E-state index in [1.807, 2.05) is 32.0 Å². The molecular weight excluding hydrogens is 238 g/mol. The molecular formula is C16H27NO2. The lowest BCUT2D eigenvalue weighted by atomic mass is 10.1. The van der Waals surface area contributed by atoms with Gasteiger partial charge in [0.2, 0.25) is 0 Å². The molecule has 0 saturated heterocycles. The van der Waals surface area contributed by atoms with Crippen molar-refractivity contribution in [1.82, 2.24) is 0 Å². The minimum atomic E-state index is 0.662. The van der Waals surface area contributed by atoms with Crippen LogP contribution in [0.25, 0.3) is 0 Å². The van der Waals surface area contributed by atoms with Crippen molar-refractivity contribution in [2.75, 3.05) is 25.1 Å². The minimum Gasteiger partial charge on any atom is -0.494 e. The quantitative estimate of drug-likeness (QED) is 0.720. The molecule has 108 valence electrons. The van der Waals surface area contributed by atoms with E-state index in [9.17, 15) is 0 Å². The first-order valence-corrected chi connectivity index (χ1v) is 7.34. The van der Waals surface area contributed by atoms with Crippen LogP contribution >= 0.6 is 0 Å². The lowest BCUT2D eigenvalue weighted by molar-refractivity contribution is 0.331. The zero-order chi connectivity index (χ0) is 14.1. The van der Waals surface area contributed by atoms with Crippen molar-refractivity contribution in [3.05, 3.63) is 18.2 Å². The van der Waals surface area contributed by atoms with Gasteiger partial charge < -0.3 is 14.8 Å². The largest absolute Gasteiger partial charge is 0.494 e. The monoisotopic (exact) mass is 265 g/mol. The third kappa shape index (κ3) is 5.41. The maximum atomic E-state index is 5.64. The zero-order valence-corrected chi connectivity index (χ0v) is 12.7. The first-order chi connectivity index (χ1) is 9.21. The Bertz CT molecular complexity index is 366. The summed E-state index contributed by atoms with van der Waals surface area (Å²) in [7, 11) is 0. The molecule has 3 heteroatoms. The minimum absolute atomic E-state index is 0.662. The molecule has 0 aromatic heterocycles. The molecule has 0 amide bonds. The Morgan fingerprint density at radius 3 is 2.47 bits per heavy atom. The van der Waals surface area contributed by atoms with E-state index in [0.717, 1.165) is 23.7 Å². The lowest BCUT2D eigenvalue weighted by Gasteiger charge is -2.17. The predicted molar refractivity (Wildman–Crippen MR) is 81.3 cm³/mol. The van der Waals surface area contributed by atoms with Crippen LogP contribution in [0.2, 0.25) is 0 Å². The topological polar surface area (TPSA) is 30.5 Å². The van der Waals surface area contributed by atoms with E-state index in [4.69, 9.17) is 9.47 Å². The van der Waals surface area contributed by atoms with Gasteiger partial charge in [-0.2, -0.15) is 0 Å². The lowest BCUT2D eigenvalue weighted by Crippen LogP contribution is -2.12. The Hall–Kier alpha value is -1.38. The second-order valence-electron chi connectivity index (χ2n) is 4.80. The number of ether oxygens (including phenoxy) is 2. The van der Waals surface area contributed by atoms with Gasteiger partial charge in [-0.15, -0.1) is 0 Å². The van der Waals surface area contributed by atoms with Gasteiger partial charge in [-0.05, 0) is 38.3 Å². The van der Waals surface area contributed by atoms with Crippen molar-refractivity contribution < 1.29 is 9.47 Å². The average Bonchev–Trinajstić information content (AvgIpc) is 2.40. The van der Waals surface area contributed by atoms with Gasteiger partial charge in [0, 0.05) is 12.6 Å². The molecule has 1 aromatic carbocycles. The summed E-state index contributed by atoms with van der Waals surface area (Å²) in [5.74, 6) is 2.45. The molecule has 19 heavy (non-hydrogen) atoms. The molecule has 1 N–H and O–H groups in total. The molecule has 0 aliphatic carbocycles. The normalized spacial score (nSPS) is 12.0. The predicted octanol–water partition coefficient (Wildman–Crippen LogP) is 4.33. The molecule has 1 atom stereocenters. The highest BCUT2D eigenvalue weighted by atomic mass is 16.5. The first kappa shape index (κ1) is 15.7. The second kappa shape index (κ2) is 8.68. The van der Waals surface area contributed by atoms with E-state index < -0.39 is 0 Å². The summed E-state index contributed by atoms with van der Waals surface area (Å²) in [4.78, 5) is 0. The van der Waals surface area contributed by atoms with E-state index in [2.05, 4.69) is 19.2 Å². The summed E-state index contributed by atoms with van der Waals surface area (Å²) < 4.78 is 11.2. The maximum Gasteiger partial charge on any atom is 0.142 e. The smallest absolute Gasteiger partial charge is 0.142 e. The van der Waals surface area contributed by atoms with Crippen molar-refractivity contribution in [2.45, 2.75) is 40.5 Å². The molecule has 0 heterocycles. The maximum absolute atomic E-state index is 5.64. The van der Waals surface area contributed by atoms with Crippen LogP contribution in [0.1, 0.15) is 40.5 Å². The van der Waals surface area contributed by atoms with E-state index in [-0.39, 0.29) is 0 Å². The van der Waals surface area contributed by atoms with Gasteiger partial charge in [-0.1, -0.05) is 20.3 Å². The summed E-state index contributed by atoms with van der Waals surface area (Å²) in [6.07, 6.45) is 2.46. The molecule has 1 aromatic rings. The van der Waals surface area contributed by atoms with Crippen LogP contribution < -0.4 is 14.8 Å². The Kier molecular flexibility index (Phi) is 7.16. The Balaban J connectivity index is 2.72. The summed E-state index contributed by atoms with van der Waals surface area (Å²) >= 11 is 0. The van der Waals surface area contributed by atoms with Gasteiger partial charge in [-0.3, -0.25) is 0 Å². The van der Waals surface area contributed by atoms with Crippen molar-refractivity contribution in [3.63, 3.8) is 0 Å². The molecule has 0 fully saturated rings. The van der Waals surface area contributed by atoms with E-state index in [1.165, 1.54) is 12.8 Å². The summed E-state index contributed by atoms with van der Waals surface area (Å²) in [6, 6.07) is 5.95. The molecule has 0 saturated carbocycles. The van der Waals surface area contributed by atoms with Crippen LogP contribution in [0.3, 0.4) is 0 Å². The average molecular weight is 265 g/mol. The van der Waals surface area contributed by atoms with Gasteiger partial charge in [0.15, 0.2) is 0 Å². The van der Waals surface area contributed by atoms with Gasteiger partial charge in [0.1, 0.15) is 11.5 Å². The number of nitrogens with one attached hydrogen (secondary N) is 1. The number of hydrogen-bond acceptors (Lipinski definition) is 3. The summed E-state index contributed by atoms with van der Waals surface area (Å²) in [5, 5.41) is 3.48. The highest BCUT2D eigenvalue weighted by Gasteiger charge is 2.07. The Morgan fingerprint density at radius 2 is 1.84 bits per heavy atom. The highest BCUT2D eigenvalue weighted by Crippen LogP contribution is 2.29. The standard InChI is InChI=1S/C16H27NO2/c1-5-8-13(4)12-17-15-11-14(18-6-2)9-10-16(15)19-7-3/h9-11,13,17H,5-8,12H2,1-4H3. The highest BCUT2D eigenvalue weighted by molar-refractivity contribution is 5.59. The van der Waals surface area contributed by atoms with E-state index in [1.54, 1.807) is 0 Å². The molecule has 0 aliphatic heterocycles. The van der Waals surface area contributed by atoms with Crippen LogP contribution in [-0.2, 0) is 0 Å². The van der Waals surface area contributed by atoms with Crippen molar-refractivity contribution >= 4 is 5.69 Å². The van der Waals surface area contributed by atoms with Crippen molar-refractivity contribution in [3.8, 4) is 11.5 Å². The van der Waals surface area contributed by atoms with Gasteiger partial charge in [0.05, 0.1) is 18.9 Å². The molecule has 1 rings (SSSR count).